The first-order valence-corrected chi connectivity index (χ1v) is 19.8. The number of alkyl carbamates (subject to hydrolysis) is 2. The van der Waals surface area contributed by atoms with Gasteiger partial charge in [-0.05, 0) is 73.3 Å². The number of allylic oxidation sites excluding steroid dienone is 2. The highest BCUT2D eigenvalue weighted by Gasteiger charge is 2.31. The van der Waals surface area contributed by atoms with E-state index in [0.717, 1.165) is 27.8 Å². The Bertz CT molecular complexity index is 1790. The lowest BCUT2D eigenvalue weighted by atomic mass is 9.98. The van der Waals surface area contributed by atoms with Gasteiger partial charge in [0.25, 0.3) is 0 Å². The van der Waals surface area contributed by atoms with Gasteiger partial charge in [-0.1, -0.05) is 91.0 Å². The molecule has 0 aliphatic heterocycles. The fraction of sp³-hybridized carbons (Fsp3) is 0.400. The average molecular weight is 797 g/mol. The molecule has 5 N–H and O–H groups in total. The maximum absolute atomic E-state index is 13.5. The van der Waals surface area contributed by atoms with Crippen molar-refractivity contribution in [3.63, 3.8) is 0 Å². The predicted molar refractivity (Wildman–Crippen MR) is 220 cm³/mol. The van der Waals surface area contributed by atoms with E-state index >= 15 is 0 Å². The number of ether oxygens (including phenoxy) is 3. The van der Waals surface area contributed by atoms with E-state index in [4.69, 9.17) is 14.2 Å². The predicted octanol–water partition coefficient (Wildman–Crippen LogP) is 6.06. The normalized spacial score (nSPS) is 13.6. The Morgan fingerprint density at radius 3 is 2.10 bits per heavy atom. The molecule has 58 heavy (non-hydrogen) atoms. The van der Waals surface area contributed by atoms with E-state index in [-0.39, 0.29) is 51.6 Å². The van der Waals surface area contributed by atoms with Gasteiger partial charge in [0.15, 0.2) is 0 Å². The average Bonchev–Trinajstić information content (AvgIpc) is 3.55. The molecule has 3 aromatic carbocycles. The molecule has 310 valence electrons. The third kappa shape index (κ3) is 14.2. The molecule has 0 bridgehead atoms. The number of esters is 1. The lowest BCUT2D eigenvalue weighted by Crippen LogP contribution is -2.46. The van der Waals surface area contributed by atoms with Gasteiger partial charge >= 0.3 is 18.2 Å². The van der Waals surface area contributed by atoms with Crippen LogP contribution in [0.25, 0.3) is 11.1 Å². The zero-order valence-electron chi connectivity index (χ0n) is 33.2. The molecule has 0 unspecified atom stereocenters. The van der Waals surface area contributed by atoms with E-state index in [2.05, 4.69) is 34.4 Å². The van der Waals surface area contributed by atoms with Crippen LogP contribution < -0.4 is 21.3 Å². The molecule has 3 aromatic rings. The van der Waals surface area contributed by atoms with Gasteiger partial charge in [0.05, 0.1) is 18.6 Å². The Hall–Kier alpha value is -5.95. The topological polar surface area (TPSA) is 181 Å². The van der Waals surface area contributed by atoms with Crippen LogP contribution in [0.3, 0.4) is 0 Å². The van der Waals surface area contributed by atoms with Crippen LogP contribution in [0.2, 0.25) is 0 Å². The molecule has 1 aliphatic rings. The smallest absolute Gasteiger partial charge is 0.407 e. The number of rotatable bonds is 24. The van der Waals surface area contributed by atoms with Crippen LogP contribution in [0.15, 0.2) is 104 Å². The maximum Gasteiger partial charge on any atom is 0.407 e. The molecule has 13 heteroatoms. The molecule has 4 atom stereocenters. The molecule has 0 saturated heterocycles. The second-order valence-corrected chi connectivity index (χ2v) is 14.3. The van der Waals surface area contributed by atoms with Crippen molar-refractivity contribution in [2.24, 2.45) is 5.92 Å². The van der Waals surface area contributed by atoms with Gasteiger partial charge < -0.3 is 40.6 Å². The molecule has 13 nitrogen and oxygen atoms in total. The van der Waals surface area contributed by atoms with Gasteiger partial charge in [0.1, 0.15) is 25.9 Å². The van der Waals surface area contributed by atoms with E-state index in [1.54, 1.807) is 19.1 Å². The Labute approximate surface area is 340 Å². The molecule has 0 saturated carbocycles. The minimum absolute atomic E-state index is 0.0691. The van der Waals surface area contributed by atoms with E-state index in [0.29, 0.717) is 32.2 Å². The van der Waals surface area contributed by atoms with Crippen LogP contribution in [0.5, 0.6) is 0 Å². The van der Waals surface area contributed by atoms with Crippen molar-refractivity contribution in [1.82, 2.24) is 21.3 Å². The fourth-order valence-corrected chi connectivity index (χ4v) is 6.68. The number of hydrogen-bond donors (Lipinski definition) is 5. The lowest BCUT2D eigenvalue weighted by molar-refractivity contribution is -0.147. The number of unbranched alkanes of at least 4 members (excludes halogenated alkanes) is 1. The number of nitrogens with one attached hydrogen (secondary N) is 4. The molecule has 0 radical (unpaired) electrons. The number of carbonyl (C=O) groups excluding carboxylic acids is 5. The number of aliphatic hydroxyl groups is 1. The van der Waals surface area contributed by atoms with Gasteiger partial charge in [0.2, 0.25) is 11.8 Å². The maximum atomic E-state index is 13.5. The largest absolute Gasteiger partial charge is 0.462 e. The van der Waals surface area contributed by atoms with Crippen molar-refractivity contribution in [2.45, 2.75) is 82.5 Å². The van der Waals surface area contributed by atoms with Crippen LogP contribution in [0.4, 0.5) is 9.59 Å². The Morgan fingerprint density at radius 2 is 1.45 bits per heavy atom. The number of fused-ring (bicyclic) bond motifs is 3. The summed E-state index contributed by atoms with van der Waals surface area (Å²) in [5.41, 5.74) is 5.16. The summed E-state index contributed by atoms with van der Waals surface area (Å²) in [5, 5.41) is 20.3. The van der Waals surface area contributed by atoms with Crippen molar-refractivity contribution in [3.8, 4) is 11.1 Å². The van der Waals surface area contributed by atoms with Gasteiger partial charge in [-0.25, -0.2) is 14.4 Å². The highest BCUT2D eigenvalue weighted by Crippen LogP contribution is 2.44. The summed E-state index contributed by atoms with van der Waals surface area (Å²) >= 11 is 0. The van der Waals surface area contributed by atoms with Crippen molar-refractivity contribution < 1.29 is 43.3 Å². The monoisotopic (exact) mass is 796 g/mol. The number of benzene rings is 3. The van der Waals surface area contributed by atoms with Crippen LogP contribution in [0.1, 0.15) is 74.5 Å². The summed E-state index contributed by atoms with van der Waals surface area (Å²) in [6.45, 7) is 9.16. The minimum atomic E-state index is -1.05. The second-order valence-electron chi connectivity index (χ2n) is 14.3. The quantitative estimate of drug-likeness (QED) is 0.0312. The zero-order valence-corrected chi connectivity index (χ0v) is 33.2. The standard InChI is InChI=1S/C45H56N4O9/c1-4-6-24-40(49-45(55)58-30-39-37-22-12-10-20-35(37)36-21-11-13-23-38(36)39)43(53)56-29-34(48-42(52)33(16-5-2)26-41(51)47-31(3)27-50)19-14-15-25-46-44(54)57-28-32-17-8-7-9-18-32/h4-5,7-13,17-18,20-23,31,33-34,39-40,50H,1-2,6,14-16,19,24-30H2,3H3,(H,46,54)(H,47,51)(H,48,52)(H,49,55)/t31-,33-,34-,40-/m0/s1. The second kappa shape index (κ2) is 24.0. The van der Waals surface area contributed by atoms with E-state index < -0.39 is 54.0 Å². The molecular weight excluding hydrogens is 741 g/mol. The van der Waals surface area contributed by atoms with Crippen LogP contribution in [0, 0.1) is 5.92 Å². The molecule has 0 spiro atoms. The van der Waals surface area contributed by atoms with E-state index in [1.807, 2.05) is 78.9 Å². The van der Waals surface area contributed by atoms with Gasteiger partial charge in [-0.2, -0.15) is 0 Å². The Balaban J connectivity index is 1.35. The third-order valence-electron chi connectivity index (χ3n) is 9.75. The fourth-order valence-electron chi connectivity index (χ4n) is 6.68. The van der Waals surface area contributed by atoms with Gasteiger partial charge in [-0.15, -0.1) is 13.2 Å². The van der Waals surface area contributed by atoms with E-state index in [1.165, 1.54) is 0 Å². The van der Waals surface area contributed by atoms with Crippen molar-refractivity contribution in [1.29, 1.82) is 0 Å². The van der Waals surface area contributed by atoms with Crippen molar-refractivity contribution in [2.75, 3.05) is 26.4 Å². The number of amides is 4. The van der Waals surface area contributed by atoms with Crippen LogP contribution >= 0.6 is 0 Å². The first-order chi connectivity index (χ1) is 28.1. The minimum Gasteiger partial charge on any atom is -0.462 e. The molecule has 4 rings (SSSR count). The van der Waals surface area contributed by atoms with Crippen molar-refractivity contribution >= 4 is 30.0 Å². The number of hydrogen-bond acceptors (Lipinski definition) is 9. The molecule has 0 heterocycles. The Kier molecular flexibility index (Phi) is 18.5. The highest BCUT2D eigenvalue weighted by molar-refractivity contribution is 5.86. The third-order valence-corrected chi connectivity index (χ3v) is 9.75. The summed E-state index contributed by atoms with van der Waals surface area (Å²) < 4.78 is 16.7. The van der Waals surface area contributed by atoms with Crippen LogP contribution in [-0.2, 0) is 35.2 Å². The molecular formula is C45H56N4O9. The SMILES string of the molecule is C=CCC[C@H](NC(=O)OCC1c2ccccc2-c2ccccc21)C(=O)OC[C@H](CCCCNC(=O)OCc1ccccc1)NC(=O)[C@@H](CC=C)CC(=O)N[C@@H](C)CO. The first kappa shape index (κ1) is 44.8. The summed E-state index contributed by atoms with van der Waals surface area (Å²) in [6, 6.07) is 23.1. The molecule has 4 amide bonds. The Morgan fingerprint density at radius 1 is 0.776 bits per heavy atom. The zero-order chi connectivity index (χ0) is 41.7. The molecule has 0 aromatic heterocycles. The molecule has 1 aliphatic carbocycles. The van der Waals surface area contributed by atoms with Gasteiger partial charge in [0, 0.05) is 24.9 Å². The van der Waals surface area contributed by atoms with E-state index in [9.17, 15) is 29.1 Å². The summed E-state index contributed by atoms with van der Waals surface area (Å²) in [4.78, 5) is 65.0. The summed E-state index contributed by atoms with van der Waals surface area (Å²) in [6.07, 6.45) is 3.96. The van der Waals surface area contributed by atoms with Crippen molar-refractivity contribution in [3.05, 3.63) is 121 Å². The number of aliphatic hydroxyl groups excluding tert-OH is 1. The number of carbonyl (C=O) groups is 5. The lowest BCUT2D eigenvalue weighted by Gasteiger charge is -2.24. The summed E-state index contributed by atoms with van der Waals surface area (Å²) in [7, 11) is 0. The van der Waals surface area contributed by atoms with Crippen LogP contribution in [-0.4, -0.2) is 79.6 Å². The first-order valence-electron chi connectivity index (χ1n) is 19.8. The summed E-state index contributed by atoms with van der Waals surface area (Å²) in [5.74, 6) is -2.47. The molecule has 0 fully saturated rings. The van der Waals surface area contributed by atoms with Gasteiger partial charge in [-0.3, -0.25) is 9.59 Å². The highest BCUT2D eigenvalue weighted by atomic mass is 16.6.